The molecule has 7 nitrogen and oxygen atoms in total. The summed E-state index contributed by atoms with van der Waals surface area (Å²) in [4.78, 5) is 24.8. The minimum Gasteiger partial charge on any atom is -0.384 e. The van der Waals surface area contributed by atoms with Crippen molar-refractivity contribution in [3.8, 4) is 0 Å². The van der Waals surface area contributed by atoms with Gasteiger partial charge in [-0.15, -0.1) is 0 Å². The van der Waals surface area contributed by atoms with Gasteiger partial charge >= 0.3 is 0 Å². The maximum atomic E-state index is 12.3. The normalized spacial score (nSPS) is 17.7. The van der Waals surface area contributed by atoms with Crippen LogP contribution in [-0.4, -0.2) is 41.7 Å². The summed E-state index contributed by atoms with van der Waals surface area (Å²) in [6, 6.07) is 7.08. The molecule has 0 aliphatic carbocycles. The molecule has 1 aromatic rings. The van der Waals surface area contributed by atoms with Gasteiger partial charge in [0.25, 0.3) is 0 Å². The Morgan fingerprint density at radius 2 is 2.18 bits per heavy atom. The fourth-order valence-electron chi connectivity index (χ4n) is 2.51. The second-order valence-electron chi connectivity index (χ2n) is 5.39. The molecule has 118 valence electrons. The molecule has 1 aliphatic heterocycles. The van der Waals surface area contributed by atoms with Crippen molar-refractivity contribution < 1.29 is 9.59 Å². The molecule has 6 N–H and O–H groups in total. The number of rotatable bonds is 7. The van der Waals surface area contributed by atoms with Gasteiger partial charge in [0.05, 0.1) is 6.04 Å². The lowest BCUT2D eigenvalue weighted by Gasteiger charge is -2.17. The molecular formula is C15H21N5O2. The van der Waals surface area contributed by atoms with Crippen LogP contribution in [0, 0.1) is 5.41 Å². The van der Waals surface area contributed by atoms with Crippen LogP contribution < -0.4 is 16.8 Å². The van der Waals surface area contributed by atoms with Crippen molar-refractivity contribution in [2.75, 3.05) is 13.1 Å². The number of amides is 2. The Labute approximate surface area is 129 Å². The number of primary amides is 1. The van der Waals surface area contributed by atoms with E-state index >= 15 is 0 Å². The van der Waals surface area contributed by atoms with Crippen LogP contribution in [0.3, 0.4) is 0 Å². The highest BCUT2D eigenvalue weighted by atomic mass is 16.2. The van der Waals surface area contributed by atoms with Gasteiger partial charge in [0.1, 0.15) is 5.84 Å². The molecule has 2 rings (SSSR count). The third kappa shape index (κ3) is 4.05. The van der Waals surface area contributed by atoms with Gasteiger partial charge in [-0.25, -0.2) is 0 Å². The largest absolute Gasteiger partial charge is 0.384 e. The minimum absolute atomic E-state index is 0.0144. The number of nitrogens with two attached hydrogens (primary N) is 2. The third-order valence-corrected chi connectivity index (χ3v) is 3.67. The van der Waals surface area contributed by atoms with Gasteiger partial charge in [-0.1, -0.05) is 18.2 Å². The molecule has 1 fully saturated rings. The van der Waals surface area contributed by atoms with Crippen LogP contribution in [0.1, 0.15) is 24.0 Å². The quantitative estimate of drug-likeness (QED) is 0.401. The van der Waals surface area contributed by atoms with Crippen molar-refractivity contribution in [2.45, 2.75) is 25.4 Å². The smallest absolute Gasteiger partial charge is 0.240 e. The average molecular weight is 303 g/mol. The summed E-state index contributed by atoms with van der Waals surface area (Å²) in [7, 11) is 0. The Balaban J connectivity index is 1.91. The van der Waals surface area contributed by atoms with Gasteiger partial charge in [0.2, 0.25) is 11.8 Å². The van der Waals surface area contributed by atoms with Crippen molar-refractivity contribution in [2.24, 2.45) is 11.5 Å². The second kappa shape index (κ2) is 7.04. The zero-order chi connectivity index (χ0) is 16.1. The number of nitrogens with zero attached hydrogens (tertiary/aromatic N) is 1. The van der Waals surface area contributed by atoms with E-state index in [0.717, 1.165) is 5.56 Å². The molecule has 2 amide bonds. The Morgan fingerprint density at radius 1 is 1.41 bits per heavy atom. The van der Waals surface area contributed by atoms with Crippen molar-refractivity contribution in [3.63, 3.8) is 0 Å². The number of nitrogen functional groups attached to an aromatic ring is 1. The van der Waals surface area contributed by atoms with Crippen LogP contribution >= 0.6 is 0 Å². The molecule has 0 radical (unpaired) electrons. The zero-order valence-electron chi connectivity index (χ0n) is 12.3. The molecule has 22 heavy (non-hydrogen) atoms. The highest BCUT2D eigenvalue weighted by Gasteiger charge is 2.30. The van der Waals surface area contributed by atoms with Crippen LogP contribution in [0.25, 0.3) is 0 Å². The summed E-state index contributed by atoms with van der Waals surface area (Å²) in [5.74, 6) is -0.339. The first-order valence-corrected chi connectivity index (χ1v) is 7.21. The van der Waals surface area contributed by atoms with Crippen LogP contribution in [0.5, 0.6) is 0 Å². The van der Waals surface area contributed by atoms with E-state index in [1.807, 2.05) is 18.2 Å². The zero-order valence-corrected chi connectivity index (χ0v) is 12.3. The molecule has 0 unspecified atom stereocenters. The predicted octanol–water partition coefficient (Wildman–Crippen LogP) is -0.463. The number of amidine groups is 1. The molecule has 0 bridgehead atoms. The van der Waals surface area contributed by atoms with Crippen molar-refractivity contribution in [3.05, 3.63) is 35.4 Å². The minimum atomic E-state index is -0.379. The summed E-state index contributed by atoms with van der Waals surface area (Å²) < 4.78 is 0. The van der Waals surface area contributed by atoms with Crippen LogP contribution in [-0.2, 0) is 16.1 Å². The fourth-order valence-corrected chi connectivity index (χ4v) is 2.51. The maximum absolute atomic E-state index is 12.3. The molecule has 1 heterocycles. The number of nitrogens with one attached hydrogen (secondary N) is 2. The molecule has 1 aromatic carbocycles. The molecule has 0 saturated carbocycles. The van der Waals surface area contributed by atoms with Gasteiger partial charge in [0.15, 0.2) is 0 Å². The molecule has 1 atom stereocenters. The Hall–Kier alpha value is -2.41. The van der Waals surface area contributed by atoms with Gasteiger partial charge in [-0.3, -0.25) is 15.0 Å². The third-order valence-electron chi connectivity index (χ3n) is 3.67. The van der Waals surface area contributed by atoms with E-state index in [4.69, 9.17) is 16.9 Å². The Kier molecular flexibility index (Phi) is 5.11. The van der Waals surface area contributed by atoms with E-state index in [0.29, 0.717) is 31.6 Å². The topological polar surface area (TPSA) is 125 Å². The first kappa shape index (κ1) is 16.0. The number of hydrogen-bond acceptors (Lipinski definition) is 4. The summed E-state index contributed by atoms with van der Waals surface area (Å²) in [6.45, 7) is 1.57. The summed E-state index contributed by atoms with van der Waals surface area (Å²) in [6.07, 6.45) is 0.939. The number of likely N-dealkylation sites (tertiary alicyclic amines) is 1. The van der Waals surface area contributed by atoms with Crippen molar-refractivity contribution in [1.82, 2.24) is 10.2 Å². The van der Waals surface area contributed by atoms with Crippen molar-refractivity contribution in [1.29, 1.82) is 5.41 Å². The van der Waals surface area contributed by atoms with E-state index in [9.17, 15) is 9.59 Å². The Bertz CT molecular complexity index is 587. The summed E-state index contributed by atoms with van der Waals surface area (Å²) in [5, 5.41) is 10.5. The molecule has 1 saturated heterocycles. The molecular weight excluding hydrogens is 282 g/mol. The van der Waals surface area contributed by atoms with E-state index in [1.54, 1.807) is 11.0 Å². The van der Waals surface area contributed by atoms with E-state index in [1.165, 1.54) is 0 Å². The standard InChI is InChI=1S/C15H21N5O2/c16-13(21)4-6-19-12-5-7-20(15(12)22)9-10-2-1-3-11(8-10)14(17)18/h1-3,8,12,19H,4-7,9H2,(H2,16,21)(H3,17,18)/t12-/m0/s1. The fraction of sp³-hybridized carbons (Fsp3) is 0.400. The predicted molar refractivity (Wildman–Crippen MR) is 83.1 cm³/mol. The molecule has 0 aromatic heterocycles. The number of carbonyl (C=O) groups is 2. The van der Waals surface area contributed by atoms with Crippen molar-refractivity contribution >= 4 is 17.6 Å². The van der Waals surface area contributed by atoms with E-state index in [-0.39, 0.29) is 30.1 Å². The monoisotopic (exact) mass is 303 g/mol. The highest BCUT2D eigenvalue weighted by Crippen LogP contribution is 2.16. The summed E-state index contributed by atoms with van der Waals surface area (Å²) >= 11 is 0. The summed E-state index contributed by atoms with van der Waals surface area (Å²) in [5.41, 5.74) is 12.1. The van der Waals surface area contributed by atoms with Crippen LogP contribution in [0.4, 0.5) is 0 Å². The van der Waals surface area contributed by atoms with E-state index in [2.05, 4.69) is 5.32 Å². The second-order valence-corrected chi connectivity index (χ2v) is 5.39. The van der Waals surface area contributed by atoms with Crippen LogP contribution in [0.2, 0.25) is 0 Å². The SMILES string of the molecule is N=C(N)c1cccc(CN2CC[C@H](NCCC(N)=O)C2=O)c1. The number of benzene rings is 1. The van der Waals surface area contributed by atoms with E-state index < -0.39 is 0 Å². The van der Waals surface area contributed by atoms with Crippen LogP contribution in [0.15, 0.2) is 24.3 Å². The molecule has 0 spiro atoms. The molecule has 7 heteroatoms. The number of hydrogen-bond donors (Lipinski definition) is 4. The maximum Gasteiger partial charge on any atom is 0.240 e. The first-order valence-electron chi connectivity index (χ1n) is 7.21. The lowest BCUT2D eigenvalue weighted by molar-refractivity contribution is -0.130. The molecule has 1 aliphatic rings. The Morgan fingerprint density at radius 3 is 2.86 bits per heavy atom. The lowest BCUT2D eigenvalue weighted by Crippen LogP contribution is -2.39. The van der Waals surface area contributed by atoms with Gasteiger partial charge in [0, 0.05) is 31.6 Å². The lowest BCUT2D eigenvalue weighted by atomic mass is 10.1. The first-order chi connectivity index (χ1) is 10.5. The van der Waals surface area contributed by atoms with Gasteiger partial charge < -0.3 is 21.7 Å². The van der Waals surface area contributed by atoms with Gasteiger partial charge in [-0.2, -0.15) is 0 Å². The number of carbonyl (C=O) groups excluding carboxylic acids is 2. The van der Waals surface area contributed by atoms with Gasteiger partial charge in [-0.05, 0) is 18.1 Å². The highest BCUT2D eigenvalue weighted by molar-refractivity contribution is 5.95. The average Bonchev–Trinajstić information content (AvgIpc) is 2.80.